The van der Waals surface area contributed by atoms with Gasteiger partial charge in [-0.3, -0.25) is 14.1 Å². The molecule has 0 spiro atoms. The standard InChI is InChI=1S/C11H19NO7P2.7H2/c1-6-7(2)10(5-12-9(6)4)8(3)11(13,20(14,15)16)21(17,18)19;;;;;;;/h5,8,13H,1-4H3,(H2,14,15,16)(H2,17,18,19);7*1H. The summed E-state index contributed by atoms with van der Waals surface area (Å²) in [7, 11) is -11.0. The highest BCUT2D eigenvalue weighted by Crippen LogP contribution is 2.72. The van der Waals surface area contributed by atoms with E-state index in [0.717, 1.165) is 12.5 Å². The van der Waals surface area contributed by atoms with Crippen molar-refractivity contribution >= 4 is 15.2 Å². The van der Waals surface area contributed by atoms with Crippen LogP contribution in [0.15, 0.2) is 6.20 Å². The van der Waals surface area contributed by atoms with Crippen molar-refractivity contribution in [2.45, 2.75) is 38.7 Å². The highest BCUT2D eigenvalue weighted by molar-refractivity contribution is 7.72. The lowest BCUT2D eigenvalue weighted by Crippen LogP contribution is -2.35. The fourth-order valence-electron chi connectivity index (χ4n) is 2.17. The molecular weight excluding hydrogens is 320 g/mol. The molecule has 1 heterocycles. The number of nitrogens with zero attached hydrogens (tertiary/aromatic N) is 1. The molecule has 0 saturated carbocycles. The van der Waals surface area contributed by atoms with Crippen LogP contribution in [0.3, 0.4) is 0 Å². The first kappa shape index (κ1) is 18.5. The van der Waals surface area contributed by atoms with Gasteiger partial charge in [-0.15, -0.1) is 0 Å². The summed E-state index contributed by atoms with van der Waals surface area (Å²) >= 11 is 0. The van der Waals surface area contributed by atoms with E-state index in [-0.39, 0.29) is 15.5 Å². The summed E-state index contributed by atoms with van der Waals surface area (Å²) in [5, 5.41) is 6.64. The maximum absolute atomic E-state index is 11.5. The van der Waals surface area contributed by atoms with Crippen LogP contribution in [0.4, 0.5) is 0 Å². The Hall–Kier alpha value is -0.590. The van der Waals surface area contributed by atoms with Crippen molar-refractivity contribution in [2.24, 2.45) is 0 Å². The molecule has 0 aliphatic heterocycles. The van der Waals surface area contributed by atoms with Crippen LogP contribution in [0.2, 0.25) is 0 Å². The first-order valence-electron chi connectivity index (χ1n) is 6.01. The van der Waals surface area contributed by atoms with Crippen molar-refractivity contribution in [3.05, 3.63) is 28.6 Å². The largest absolute Gasteiger partial charge is 0.370 e. The summed E-state index contributed by atoms with van der Waals surface area (Å²) in [6.45, 7) is 6.24. The third kappa shape index (κ3) is 2.98. The Labute approximate surface area is 132 Å². The molecule has 0 bridgehead atoms. The van der Waals surface area contributed by atoms with Gasteiger partial charge in [-0.05, 0) is 37.5 Å². The van der Waals surface area contributed by atoms with Gasteiger partial charge in [0.25, 0.3) is 5.08 Å². The van der Waals surface area contributed by atoms with E-state index in [1.54, 1.807) is 20.8 Å². The average Bonchev–Trinajstić information content (AvgIpc) is 2.31. The van der Waals surface area contributed by atoms with Crippen LogP contribution in [-0.2, 0) is 9.13 Å². The topological polar surface area (TPSA) is 148 Å². The third-order valence-corrected chi connectivity index (χ3v) is 7.89. The molecule has 0 fully saturated rings. The highest BCUT2D eigenvalue weighted by atomic mass is 31.2. The van der Waals surface area contributed by atoms with E-state index >= 15 is 0 Å². The minimum atomic E-state index is -5.51. The zero-order valence-corrected chi connectivity index (χ0v) is 13.8. The zero-order chi connectivity index (χ0) is 16.8. The van der Waals surface area contributed by atoms with Gasteiger partial charge in [-0.25, -0.2) is 0 Å². The molecular formula is C11H33NO7P2. The second-order valence-electron chi connectivity index (χ2n) is 5.05. The van der Waals surface area contributed by atoms with Gasteiger partial charge in [-0.2, -0.15) is 0 Å². The highest BCUT2D eigenvalue weighted by Gasteiger charge is 2.63. The SMILES string of the molecule is Cc1ncc(C(C)C(O)(P(=O)(O)O)P(=O)(O)O)c(C)c1C.[HH].[HH].[HH].[HH].[HH].[HH].[HH]. The summed E-state index contributed by atoms with van der Waals surface area (Å²) in [4.78, 5) is 41.1. The molecule has 1 unspecified atom stereocenters. The number of rotatable bonds is 4. The van der Waals surface area contributed by atoms with Crippen molar-refractivity contribution in [3.63, 3.8) is 0 Å². The minimum absolute atomic E-state index is 0. The van der Waals surface area contributed by atoms with Crippen molar-refractivity contribution in [3.8, 4) is 0 Å². The molecule has 0 radical (unpaired) electrons. The number of hydrogen-bond acceptors (Lipinski definition) is 4. The molecule has 0 aliphatic carbocycles. The molecule has 0 aromatic carbocycles. The van der Waals surface area contributed by atoms with Gasteiger partial charge in [0, 0.05) is 27.8 Å². The Balaban J connectivity index is -0.000000126. The van der Waals surface area contributed by atoms with Crippen LogP contribution in [0.5, 0.6) is 0 Å². The Morgan fingerprint density at radius 2 is 1.52 bits per heavy atom. The number of aromatic nitrogens is 1. The van der Waals surface area contributed by atoms with E-state index in [1.807, 2.05) is 0 Å². The lowest BCUT2D eigenvalue weighted by molar-refractivity contribution is 0.111. The van der Waals surface area contributed by atoms with Crippen LogP contribution in [0, 0.1) is 20.8 Å². The Morgan fingerprint density at radius 3 is 1.90 bits per heavy atom. The Kier molecular flexibility index (Phi) is 4.88. The minimum Gasteiger partial charge on any atom is -0.367 e. The number of pyridine rings is 1. The summed E-state index contributed by atoms with van der Waals surface area (Å²) in [5.41, 5.74) is 2.14. The zero-order valence-electron chi connectivity index (χ0n) is 12.0. The molecule has 1 aromatic rings. The number of aliphatic hydroxyl groups is 1. The fourth-order valence-corrected chi connectivity index (χ4v) is 4.81. The second kappa shape index (κ2) is 5.56. The Morgan fingerprint density at radius 1 is 1.10 bits per heavy atom. The fraction of sp³-hybridized carbons (Fsp3) is 0.545. The average molecular weight is 353 g/mol. The van der Waals surface area contributed by atoms with Crippen molar-refractivity contribution in [1.29, 1.82) is 0 Å². The van der Waals surface area contributed by atoms with Gasteiger partial charge < -0.3 is 24.7 Å². The van der Waals surface area contributed by atoms with Gasteiger partial charge >= 0.3 is 15.2 Å². The van der Waals surface area contributed by atoms with E-state index < -0.39 is 26.2 Å². The molecule has 8 nitrogen and oxygen atoms in total. The van der Waals surface area contributed by atoms with Gasteiger partial charge in [-0.1, -0.05) is 6.92 Å². The van der Waals surface area contributed by atoms with Gasteiger partial charge in [0.05, 0.1) is 0 Å². The van der Waals surface area contributed by atoms with Crippen LogP contribution >= 0.6 is 15.2 Å². The first-order chi connectivity index (χ1) is 9.25. The van der Waals surface area contributed by atoms with Crippen LogP contribution in [0.25, 0.3) is 0 Å². The number of aryl methyl sites for hydroxylation is 1. The van der Waals surface area contributed by atoms with Crippen LogP contribution < -0.4 is 0 Å². The second-order valence-corrected chi connectivity index (χ2v) is 8.94. The molecule has 5 N–H and O–H groups in total. The summed E-state index contributed by atoms with van der Waals surface area (Å²) < 4.78 is 23.0. The summed E-state index contributed by atoms with van der Waals surface area (Å²) in [5.74, 6) is -1.51. The predicted molar refractivity (Wildman–Crippen MR) is 90.7 cm³/mol. The van der Waals surface area contributed by atoms with Gasteiger partial charge in [0.2, 0.25) is 0 Å². The molecule has 1 atom stereocenters. The molecule has 1 aromatic heterocycles. The van der Waals surface area contributed by atoms with Gasteiger partial charge in [0.1, 0.15) is 0 Å². The maximum Gasteiger partial charge on any atom is 0.370 e. The summed E-state index contributed by atoms with van der Waals surface area (Å²) in [6, 6.07) is 0. The smallest absolute Gasteiger partial charge is 0.367 e. The van der Waals surface area contributed by atoms with E-state index in [9.17, 15) is 33.8 Å². The molecule has 134 valence electrons. The lowest BCUT2D eigenvalue weighted by atomic mass is 9.95. The van der Waals surface area contributed by atoms with Gasteiger partial charge in [0.15, 0.2) is 0 Å². The van der Waals surface area contributed by atoms with Crippen molar-refractivity contribution in [1.82, 2.24) is 4.98 Å². The molecule has 0 saturated heterocycles. The molecule has 0 amide bonds. The molecule has 1 rings (SSSR count). The quantitative estimate of drug-likeness (QED) is 0.519. The van der Waals surface area contributed by atoms with E-state index in [0.29, 0.717) is 11.3 Å². The summed E-state index contributed by atoms with van der Waals surface area (Å²) in [6.07, 6.45) is 1.26. The lowest BCUT2D eigenvalue weighted by Gasteiger charge is -2.35. The van der Waals surface area contributed by atoms with E-state index in [2.05, 4.69) is 4.98 Å². The molecule has 0 aliphatic rings. The van der Waals surface area contributed by atoms with E-state index in [1.165, 1.54) is 6.20 Å². The van der Waals surface area contributed by atoms with Crippen LogP contribution in [0.1, 0.15) is 45.2 Å². The van der Waals surface area contributed by atoms with Crippen LogP contribution in [-0.4, -0.2) is 34.7 Å². The predicted octanol–water partition coefficient (Wildman–Crippen LogP) is 2.83. The van der Waals surface area contributed by atoms with Crippen molar-refractivity contribution in [2.75, 3.05) is 0 Å². The Bertz CT molecular complexity index is 649. The van der Waals surface area contributed by atoms with Crippen molar-refractivity contribution < 1.29 is 43.8 Å². The molecule has 21 heavy (non-hydrogen) atoms. The normalized spacial score (nSPS) is 15.1. The third-order valence-electron chi connectivity index (χ3n) is 3.84. The maximum atomic E-state index is 11.5. The monoisotopic (exact) mass is 353 g/mol. The van der Waals surface area contributed by atoms with E-state index in [4.69, 9.17) is 0 Å². The number of hydrogen-bond donors (Lipinski definition) is 5. The first-order valence-corrected chi connectivity index (χ1v) is 9.24. The molecule has 10 heteroatoms.